The number of benzene rings is 2. The number of nitrogens with two attached hydrogens (primary N) is 1. The molecule has 9 heteroatoms. The van der Waals surface area contributed by atoms with Gasteiger partial charge in [0.15, 0.2) is 0 Å². The quantitative estimate of drug-likeness (QED) is 0.665. The van der Waals surface area contributed by atoms with Gasteiger partial charge in [-0.25, -0.2) is 18.4 Å². The van der Waals surface area contributed by atoms with Crippen molar-refractivity contribution < 1.29 is 13.2 Å². The Bertz CT molecular complexity index is 1210. The number of aryl methyl sites for hydroxylation is 1. The molecule has 3 N–H and O–H groups in total. The van der Waals surface area contributed by atoms with E-state index < -0.39 is 10.0 Å². The van der Waals surface area contributed by atoms with Gasteiger partial charge in [-0.2, -0.15) is 0 Å². The Hall–Kier alpha value is -3.46. The highest BCUT2D eigenvalue weighted by atomic mass is 32.2. The van der Waals surface area contributed by atoms with Crippen molar-refractivity contribution in [1.82, 2.24) is 14.9 Å². The van der Waals surface area contributed by atoms with Gasteiger partial charge in [-0.3, -0.25) is 9.52 Å². The number of nitrogen functional groups attached to an aromatic ring is 1. The third-order valence-corrected chi connectivity index (χ3v) is 6.31. The number of carbonyl (C=O) groups is 1. The molecular weight excluding hydrogens is 402 g/mol. The maximum atomic E-state index is 12.9. The van der Waals surface area contributed by atoms with Gasteiger partial charge in [0.05, 0.1) is 17.1 Å². The molecule has 1 aliphatic rings. The largest absolute Gasteiger partial charge is 0.368 e. The van der Waals surface area contributed by atoms with E-state index in [2.05, 4.69) is 14.7 Å². The minimum absolute atomic E-state index is 0.147. The Morgan fingerprint density at radius 2 is 1.93 bits per heavy atom. The van der Waals surface area contributed by atoms with Crippen molar-refractivity contribution in [1.29, 1.82) is 0 Å². The number of hydrogen-bond acceptors (Lipinski definition) is 6. The highest BCUT2D eigenvalue weighted by Crippen LogP contribution is 2.21. The fraction of sp³-hybridized carbons (Fsp3) is 0.190. The molecule has 0 aliphatic carbocycles. The molecular formula is C21H21N5O3S. The topological polar surface area (TPSA) is 118 Å². The van der Waals surface area contributed by atoms with Crippen molar-refractivity contribution in [2.45, 2.75) is 24.8 Å². The second kappa shape index (κ2) is 7.75. The van der Waals surface area contributed by atoms with Crippen molar-refractivity contribution in [2.24, 2.45) is 0 Å². The molecule has 2 heterocycles. The van der Waals surface area contributed by atoms with Gasteiger partial charge in [0.1, 0.15) is 0 Å². The average Bonchev–Trinajstić information content (AvgIpc) is 2.73. The van der Waals surface area contributed by atoms with E-state index in [0.29, 0.717) is 30.8 Å². The molecule has 0 radical (unpaired) electrons. The van der Waals surface area contributed by atoms with E-state index in [1.54, 1.807) is 47.5 Å². The zero-order valence-corrected chi connectivity index (χ0v) is 17.2. The maximum Gasteiger partial charge on any atom is 0.261 e. The lowest BCUT2D eigenvalue weighted by Crippen LogP contribution is -2.36. The van der Waals surface area contributed by atoms with Crippen LogP contribution >= 0.6 is 0 Å². The van der Waals surface area contributed by atoms with Gasteiger partial charge in [0.2, 0.25) is 5.95 Å². The minimum Gasteiger partial charge on any atom is -0.368 e. The van der Waals surface area contributed by atoms with Gasteiger partial charge in [-0.1, -0.05) is 12.1 Å². The summed E-state index contributed by atoms with van der Waals surface area (Å²) in [5.74, 6) is 0.0409. The first-order valence-corrected chi connectivity index (χ1v) is 10.9. The lowest BCUT2D eigenvalue weighted by molar-refractivity contribution is 0.0731. The number of hydrogen-bond donors (Lipinski definition) is 2. The molecule has 0 atom stereocenters. The van der Waals surface area contributed by atoms with E-state index in [0.717, 1.165) is 16.8 Å². The predicted octanol–water partition coefficient (Wildman–Crippen LogP) is 2.37. The Balaban J connectivity index is 1.48. The van der Waals surface area contributed by atoms with Crippen molar-refractivity contribution >= 4 is 27.6 Å². The van der Waals surface area contributed by atoms with Crippen LogP contribution in [0.1, 0.15) is 27.2 Å². The van der Waals surface area contributed by atoms with Crippen LogP contribution in [0.15, 0.2) is 59.6 Å². The first kappa shape index (κ1) is 19.8. The zero-order chi connectivity index (χ0) is 21.3. The van der Waals surface area contributed by atoms with Gasteiger partial charge in [0.25, 0.3) is 15.9 Å². The number of nitrogens with one attached hydrogen (secondary N) is 1. The van der Waals surface area contributed by atoms with E-state index >= 15 is 0 Å². The molecule has 0 fully saturated rings. The molecule has 8 nitrogen and oxygen atoms in total. The van der Waals surface area contributed by atoms with Gasteiger partial charge >= 0.3 is 0 Å². The zero-order valence-electron chi connectivity index (χ0n) is 16.4. The summed E-state index contributed by atoms with van der Waals surface area (Å²) in [6.07, 6.45) is 2.37. The van der Waals surface area contributed by atoms with Crippen molar-refractivity contribution in [3.8, 4) is 0 Å². The van der Waals surface area contributed by atoms with Gasteiger partial charge in [-0.15, -0.1) is 0 Å². The molecule has 0 saturated carbocycles. The summed E-state index contributed by atoms with van der Waals surface area (Å²) >= 11 is 0. The van der Waals surface area contributed by atoms with Crippen LogP contribution in [-0.2, 0) is 23.0 Å². The molecule has 0 spiro atoms. The first-order chi connectivity index (χ1) is 14.3. The van der Waals surface area contributed by atoms with Crippen LogP contribution < -0.4 is 10.5 Å². The summed E-state index contributed by atoms with van der Waals surface area (Å²) in [7, 11) is -3.70. The molecule has 0 saturated heterocycles. The SMILES string of the molecule is Cc1cccc(S(=O)(=O)Nc2ccc(C(=O)N3CCc4cnc(N)nc4C3)cc2)c1. The normalized spacial score (nSPS) is 13.6. The molecule has 154 valence electrons. The van der Waals surface area contributed by atoms with E-state index in [1.807, 2.05) is 13.0 Å². The number of aromatic nitrogens is 2. The van der Waals surface area contributed by atoms with Crippen molar-refractivity contribution in [3.05, 3.63) is 77.1 Å². The fourth-order valence-corrected chi connectivity index (χ4v) is 4.51. The maximum absolute atomic E-state index is 12.9. The third kappa shape index (κ3) is 4.11. The first-order valence-electron chi connectivity index (χ1n) is 9.41. The molecule has 1 amide bonds. The number of amides is 1. The molecule has 2 aromatic carbocycles. The van der Waals surface area contributed by atoms with Crippen molar-refractivity contribution in [3.63, 3.8) is 0 Å². The van der Waals surface area contributed by atoms with Crippen LogP contribution in [0.3, 0.4) is 0 Å². The van der Waals surface area contributed by atoms with Crippen LogP contribution in [-0.4, -0.2) is 35.7 Å². The second-order valence-corrected chi connectivity index (χ2v) is 8.86. The molecule has 1 aromatic heterocycles. The number of fused-ring (bicyclic) bond motifs is 1. The number of anilines is 2. The van der Waals surface area contributed by atoms with Crippen molar-refractivity contribution in [2.75, 3.05) is 17.0 Å². The predicted molar refractivity (Wildman–Crippen MR) is 113 cm³/mol. The standard InChI is InChI=1S/C21H21N5O3S/c1-14-3-2-4-18(11-14)30(28,29)25-17-7-5-15(6-8-17)20(27)26-10-9-16-12-23-21(22)24-19(16)13-26/h2-8,11-12,25H,9-10,13H2,1H3,(H2,22,23,24). The Kier molecular flexibility index (Phi) is 5.13. The number of rotatable bonds is 4. The number of carbonyl (C=O) groups excluding carboxylic acids is 1. The summed E-state index contributed by atoms with van der Waals surface area (Å²) in [6, 6.07) is 13.1. The van der Waals surface area contributed by atoms with Gasteiger partial charge in [-0.05, 0) is 60.9 Å². The lowest BCUT2D eigenvalue weighted by atomic mass is 10.1. The monoisotopic (exact) mass is 423 g/mol. The van der Waals surface area contributed by atoms with E-state index in [9.17, 15) is 13.2 Å². The van der Waals surface area contributed by atoms with Crippen LogP contribution in [0.2, 0.25) is 0 Å². The minimum atomic E-state index is -3.70. The smallest absolute Gasteiger partial charge is 0.261 e. The summed E-state index contributed by atoms with van der Waals surface area (Å²) in [6.45, 7) is 2.75. The van der Waals surface area contributed by atoms with Gasteiger partial charge < -0.3 is 10.6 Å². The fourth-order valence-electron chi connectivity index (χ4n) is 3.35. The van der Waals surface area contributed by atoms with Crippen LogP contribution in [0.5, 0.6) is 0 Å². The summed E-state index contributed by atoms with van der Waals surface area (Å²) in [5.41, 5.74) is 9.11. The highest BCUT2D eigenvalue weighted by molar-refractivity contribution is 7.92. The Labute approximate surface area is 174 Å². The summed E-state index contributed by atoms with van der Waals surface area (Å²) in [4.78, 5) is 23.0. The molecule has 0 bridgehead atoms. The van der Waals surface area contributed by atoms with E-state index in [4.69, 9.17) is 5.73 Å². The molecule has 4 rings (SSSR count). The number of sulfonamides is 1. The Morgan fingerprint density at radius 3 is 2.67 bits per heavy atom. The summed E-state index contributed by atoms with van der Waals surface area (Å²) < 4.78 is 27.7. The van der Waals surface area contributed by atoms with E-state index in [1.165, 1.54) is 6.07 Å². The number of nitrogens with zero attached hydrogens (tertiary/aromatic N) is 3. The van der Waals surface area contributed by atoms with Crippen LogP contribution in [0.4, 0.5) is 11.6 Å². The second-order valence-electron chi connectivity index (χ2n) is 7.18. The van der Waals surface area contributed by atoms with Gasteiger partial charge in [0, 0.05) is 24.0 Å². The highest BCUT2D eigenvalue weighted by Gasteiger charge is 2.23. The van der Waals surface area contributed by atoms with Crippen LogP contribution in [0, 0.1) is 6.92 Å². The Morgan fingerprint density at radius 1 is 1.17 bits per heavy atom. The average molecular weight is 423 g/mol. The molecule has 30 heavy (non-hydrogen) atoms. The lowest BCUT2D eigenvalue weighted by Gasteiger charge is -2.28. The third-order valence-electron chi connectivity index (χ3n) is 4.94. The molecule has 1 aliphatic heterocycles. The van der Waals surface area contributed by atoms with Crippen LogP contribution in [0.25, 0.3) is 0 Å². The summed E-state index contributed by atoms with van der Waals surface area (Å²) in [5, 5.41) is 0. The molecule has 3 aromatic rings. The van der Waals surface area contributed by atoms with E-state index in [-0.39, 0.29) is 16.8 Å². The molecule has 0 unspecified atom stereocenters.